The number of allylic oxidation sites excluding steroid dienone is 2. The van der Waals surface area contributed by atoms with Crippen LogP contribution in [0.25, 0.3) is 10.6 Å². The van der Waals surface area contributed by atoms with Crippen molar-refractivity contribution < 1.29 is 9.50 Å². The first-order valence-corrected chi connectivity index (χ1v) is 8.30. The van der Waals surface area contributed by atoms with Gasteiger partial charge in [-0.25, -0.2) is 9.37 Å². The van der Waals surface area contributed by atoms with Gasteiger partial charge in [-0.1, -0.05) is 25.5 Å². The molecule has 0 radical (unpaired) electrons. The predicted molar refractivity (Wildman–Crippen MR) is 90.6 cm³/mol. The van der Waals surface area contributed by atoms with E-state index < -0.39 is 0 Å². The second-order valence-corrected chi connectivity index (χ2v) is 6.78. The van der Waals surface area contributed by atoms with Gasteiger partial charge in [0.2, 0.25) is 0 Å². The van der Waals surface area contributed by atoms with Crippen LogP contribution in [0.4, 0.5) is 4.39 Å². The highest BCUT2D eigenvalue weighted by Crippen LogP contribution is 2.35. The maximum atomic E-state index is 13.0. The lowest BCUT2D eigenvalue weighted by molar-refractivity contribution is 0.399. The van der Waals surface area contributed by atoms with Gasteiger partial charge < -0.3 is 5.11 Å². The number of aliphatic hydroxyl groups is 1. The van der Waals surface area contributed by atoms with Gasteiger partial charge in [0.15, 0.2) is 0 Å². The van der Waals surface area contributed by atoms with Crippen LogP contribution in [-0.4, -0.2) is 17.2 Å². The second-order valence-electron chi connectivity index (χ2n) is 5.92. The van der Waals surface area contributed by atoms with Crippen LogP contribution in [0, 0.1) is 5.82 Å². The lowest BCUT2D eigenvalue weighted by Crippen LogP contribution is -2.16. The molecule has 2 aromatic rings. The molecule has 3 rings (SSSR count). The summed E-state index contributed by atoms with van der Waals surface area (Å²) >= 11 is 1.63. The van der Waals surface area contributed by atoms with E-state index in [0.29, 0.717) is 0 Å². The Bertz CT molecular complexity index is 637. The van der Waals surface area contributed by atoms with Gasteiger partial charge in [-0.15, -0.1) is 11.3 Å². The number of nitrogens with zero attached hydrogens (tertiary/aromatic N) is 1. The molecule has 0 atom stereocenters. The first-order valence-electron chi connectivity index (χ1n) is 7.42. The summed E-state index contributed by atoms with van der Waals surface area (Å²) in [5.41, 5.74) is 3.60. The van der Waals surface area contributed by atoms with Crippen LogP contribution in [-0.2, 0) is 5.41 Å². The van der Waals surface area contributed by atoms with Crippen molar-refractivity contribution >= 4 is 11.3 Å². The van der Waals surface area contributed by atoms with E-state index >= 15 is 0 Å². The summed E-state index contributed by atoms with van der Waals surface area (Å²) < 4.78 is 13.0. The van der Waals surface area contributed by atoms with Crippen molar-refractivity contribution in [2.45, 2.75) is 38.5 Å². The molecule has 2 nitrogen and oxygen atoms in total. The molecular weight excluding hydrogens is 297 g/mol. The molecule has 1 N–H and O–H groups in total. The molecule has 0 bridgehead atoms. The third-order valence-corrected chi connectivity index (χ3v) is 4.71. The third-order valence-electron chi connectivity index (χ3n) is 3.82. The molecule has 1 fully saturated rings. The zero-order valence-electron chi connectivity index (χ0n) is 13.3. The number of halogens is 1. The minimum atomic E-state index is -0.208. The first-order chi connectivity index (χ1) is 10.5. The molecule has 0 amide bonds. The first kappa shape index (κ1) is 16.8. The highest BCUT2D eigenvalue weighted by atomic mass is 32.1. The fourth-order valence-electron chi connectivity index (χ4n) is 2.40. The van der Waals surface area contributed by atoms with E-state index in [2.05, 4.69) is 25.3 Å². The van der Waals surface area contributed by atoms with Gasteiger partial charge in [-0.2, -0.15) is 0 Å². The predicted octanol–water partition coefficient (Wildman–Crippen LogP) is 4.95. The van der Waals surface area contributed by atoms with Crippen LogP contribution in [0.15, 0.2) is 41.3 Å². The fourth-order valence-corrected chi connectivity index (χ4v) is 3.41. The second kappa shape index (κ2) is 7.16. The summed E-state index contributed by atoms with van der Waals surface area (Å²) in [6.07, 6.45) is 6.15. The van der Waals surface area contributed by atoms with E-state index in [-0.39, 0.29) is 11.2 Å². The van der Waals surface area contributed by atoms with E-state index in [1.54, 1.807) is 29.0 Å². The fraction of sp³-hybridized carbons (Fsp3) is 0.389. The van der Waals surface area contributed by atoms with Gasteiger partial charge in [-0.3, -0.25) is 0 Å². The molecule has 1 aliphatic rings. The Morgan fingerprint density at radius 1 is 1.18 bits per heavy atom. The monoisotopic (exact) mass is 319 g/mol. The summed E-state index contributed by atoms with van der Waals surface area (Å²) in [5.74, 6) is -0.208. The number of hydrogen-bond acceptors (Lipinski definition) is 3. The lowest BCUT2D eigenvalue weighted by atomic mass is 9.82. The molecule has 1 aromatic carbocycles. The summed E-state index contributed by atoms with van der Waals surface area (Å²) in [6.45, 7) is 4.42. The number of benzene rings is 1. The van der Waals surface area contributed by atoms with Crippen LogP contribution in [0.3, 0.4) is 0 Å². The Hall–Kier alpha value is -1.52. The van der Waals surface area contributed by atoms with Crippen molar-refractivity contribution in [3.05, 3.63) is 52.8 Å². The number of thiazole rings is 1. The Labute approximate surface area is 135 Å². The average molecular weight is 319 g/mol. The number of hydrogen-bond donors (Lipinski definition) is 1. The maximum absolute atomic E-state index is 13.0. The Kier molecular flexibility index (Phi) is 5.48. The molecule has 0 aliphatic heterocycles. The van der Waals surface area contributed by atoms with Crippen molar-refractivity contribution in [1.29, 1.82) is 0 Å². The van der Waals surface area contributed by atoms with Crippen LogP contribution >= 0.6 is 11.3 Å². The van der Waals surface area contributed by atoms with Crippen molar-refractivity contribution in [2.24, 2.45) is 0 Å². The smallest absolute Gasteiger partial charge is 0.123 e. The van der Waals surface area contributed by atoms with E-state index in [1.807, 2.05) is 0 Å². The van der Waals surface area contributed by atoms with Crippen LogP contribution in [0.1, 0.15) is 38.8 Å². The van der Waals surface area contributed by atoms with Crippen LogP contribution in [0.2, 0.25) is 0 Å². The van der Waals surface area contributed by atoms with Gasteiger partial charge in [0, 0.05) is 23.5 Å². The number of aromatic nitrogens is 1. The van der Waals surface area contributed by atoms with Crippen LogP contribution in [0.5, 0.6) is 0 Å². The van der Waals surface area contributed by atoms with Gasteiger partial charge in [0.05, 0.1) is 5.69 Å². The quantitative estimate of drug-likeness (QED) is 0.812. The minimum Gasteiger partial charge on any atom is -0.400 e. The molecule has 1 saturated carbocycles. The average Bonchev–Trinajstić information content (AvgIpc) is 2.97. The molecular formula is C18H22FNOS. The zero-order valence-corrected chi connectivity index (χ0v) is 14.1. The minimum absolute atomic E-state index is 0.0233. The summed E-state index contributed by atoms with van der Waals surface area (Å²) in [6, 6.07) is 6.54. The Morgan fingerprint density at radius 3 is 2.36 bits per heavy atom. The third kappa shape index (κ3) is 3.81. The maximum Gasteiger partial charge on any atom is 0.123 e. The molecule has 22 heavy (non-hydrogen) atoms. The molecule has 118 valence electrons. The molecule has 0 unspecified atom stereocenters. The highest BCUT2D eigenvalue weighted by Gasteiger charge is 2.23. The normalized spacial score (nSPS) is 14.0. The molecule has 1 aliphatic carbocycles. The largest absolute Gasteiger partial charge is 0.400 e. The summed E-state index contributed by atoms with van der Waals surface area (Å²) in [5, 5.41) is 10.1. The highest BCUT2D eigenvalue weighted by molar-refractivity contribution is 7.13. The Morgan fingerprint density at radius 2 is 1.82 bits per heavy atom. The molecule has 1 aromatic heterocycles. The molecule has 0 saturated heterocycles. The van der Waals surface area contributed by atoms with E-state index in [9.17, 15) is 4.39 Å². The van der Waals surface area contributed by atoms with Crippen molar-refractivity contribution in [2.75, 3.05) is 7.11 Å². The van der Waals surface area contributed by atoms with E-state index in [4.69, 9.17) is 10.1 Å². The SMILES string of the molecule is CC(C)(C=C1CCC1)c1csc(-c2ccc(F)cc2)n1.CO. The molecule has 4 heteroatoms. The van der Waals surface area contributed by atoms with Gasteiger partial charge >= 0.3 is 0 Å². The van der Waals surface area contributed by atoms with Gasteiger partial charge in [-0.05, 0) is 43.5 Å². The summed E-state index contributed by atoms with van der Waals surface area (Å²) in [7, 11) is 1.00. The lowest BCUT2D eigenvalue weighted by Gasteiger charge is -2.24. The van der Waals surface area contributed by atoms with E-state index in [1.165, 1.54) is 31.4 Å². The van der Waals surface area contributed by atoms with Crippen LogP contribution < -0.4 is 0 Å². The number of aliphatic hydroxyl groups excluding tert-OH is 1. The summed E-state index contributed by atoms with van der Waals surface area (Å²) in [4.78, 5) is 4.74. The zero-order chi connectivity index (χ0) is 16.2. The number of rotatable bonds is 3. The van der Waals surface area contributed by atoms with Crippen molar-refractivity contribution in [1.82, 2.24) is 4.98 Å². The van der Waals surface area contributed by atoms with Gasteiger partial charge in [0.25, 0.3) is 0 Å². The Balaban J connectivity index is 0.000000847. The topological polar surface area (TPSA) is 33.1 Å². The van der Waals surface area contributed by atoms with Crippen molar-refractivity contribution in [3.8, 4) is 10.6 Å². The van der Waals surface area contributed by atoms with Crippen molar-refractivity contribution in [3.63, 3.8) is 0 Å². The molecule has 0 spiro atoms. The molecule has 1 heterocycles. The van der Waals surface area contributed by atoms with E-state index in [0.717, 1.165) is 23.4 Å². The standard InChI is InChI=1S/C17H18FNS.CH4O/c1-17(2,10-12-4-3-5-12)15-11-20-16(19-15)13-6-8-14(18)9-7-13;1-2/h6-11H,3-5H2,1-2H3;2H,1H3. The van der Waals surface area contributed by atoms with Gasteiger partial charge in [0.1, 0.15) is 10.8 Å².